The van der Waals surface area contributed by atoms with E-state index in [4.69, 9.17) is 9.47 Å². The van der Waals surface area contributed by atoms with Gasteiger partial charge in [0.1, 0.15) is 10.8 Å². The fourth-order valence-electron chi connectivity index (χ4n) is 4.05. The molecule has 1 aliphatic rings. The number of hydrogen-bond acceptors (Lipinski definition) is 7. The third kappa shape index (κ3) is 5.71. The number of nitro benzene ring substituents is 1. The molecule has 1 atom stereocenters. The number of ether oxygens (including phenoxy) is 2. The molecule has 2 aromatic rings. The van der Waals surface area contributed by atoms with E-state index in [2.05, 4.69) is 26.1 Å². The largest absolute Gasteiger partial charge is 0.483 e. The summed E-state index contributed by atoms with van der Waals surface area (Å²) in [5.41, 5.74) is 2.10. The number of fused-ring (bicyclic) bond motifs is 1. The van der Waals surface area contributed by atoms with Crippen LogP contribution in [0, 0.1) is 28.4 Å². The number of esters is 1. The number of rotatable bonds is 7. The molecule has 33 heavy (non-hydrogen) atoms. The van der Waals surface area contributed by atoms with Crippen molar-refractivity contribution < 1.29 is 24.0 Å². The van der Waals surface area contributed by atoms with E-state index in [1.54, 1.807) is 13.8 Å². The average Bonchev–Trinajstić information content (AvgIpc) is 3.09. The summed E-state index contributed by atoms with van der Waals surface area (Å²) in [5.74, 6) is 0.0477. The van der Waals surface area contributed by atoms with Crippen LogP contribution in [0.1, 0.15) is 60.5 Å². The normalized spacial score (nSPS) is 15.5. The molecule has 1 aromatic carbocycles. The number of aryl methyl sites for hydroxylation is 1. The van der Waals surface area contributed by atoms with Crippen molar-refractivity contribution in [2.75, 3.05) is 18.5 Å². The highest BCUT2D eigenvalue weighted by Gasteiger charge is 2.34. The molecule has 0 spiro atoms. The Morgan fingerprint density at radius 2 is 2.03 bits per heavy atom. The molecule has 0 aliphatic heterocycles. The molecule has 1 amide bonds. The van der Waals surface area contributed by atoms with Crippen molar-refractivity contribution in [2.45, 2.75) is 53.9 Å². The summed E-state index contributed by atoms with van der Waals surface area (Å²) in [7, 11) is 0. The van der Waals surface area contributed by atoms with Gasteiger partial charge < -0.3 is 14.8 Å². The van der Waals surface area contributed by atoms with E-state index in [-0.39, 0.29) is 24.3 Å². The Morgan fingerprint density at radius 3 is 2.64 bits per heavy atom. The van der Waals surface area contributed by atoms with E-state index >= 15 is 0 Å². The lowest BCUT2D eigenvalue weighted by Crippen LogP contribution is -2.26. The van der Waals surface area contributed by atoms with Crippen LogP contribution in [0.15, 0.2) is 18.2 Å². The van der Waals surface area contributed by atoms with Crippen LogP contribution in [0.25, 0.3) is 0 Å². The maximum Gasteiger partial charge on any atom is 0.341 e. The molecular formula is C24H30N2O6S. The van der Waals surface area contributed by atoms with Gasteiger partial charge in [0.05, 0.1) is 17.1 Å². The molecular weight excluding hydrogens is 444 g/mol. The van der Waals surface area contributed by atoms with Crippen molar-refractivity contribution in [2.24, 2.45) is 11.3 Å². The van der Waals surface area contributed by atoms with Gasteiger partial charge >= 0.3 is 5.97 Å². The first-order chi connectivity index (χ1) is 15.5. The van der Waals surface area contributed by atoms with E-state index in [9.17, 15) is 19.7 Å². The number of carbonyl (C=O) groups is 2. The van der Waals surface area contributed by atoms with Crippen LogP contribution in [0.2, 0.25) is 0 Å². The molecule has 0 bridgehead atoms. The number of nitrogens with zero attached hydrogens (tertiary/aromatic N) is 1. The summed E-state index contributed by atoms with van der Waals surface area (Å²) < 4.78 is 10.8. The van der Waals surface area contributed by atoms with Gasteiger partial charge in [0.25, 0.3) is 11.6 Å². The number of amides is 1. The predicted octanol–water partition coefficient (Wildman–Crippen LogP) is 5.31. The molecule has 9 heteroatoms. The predicted molar refractivity (Wildman–Crippen MR) is 127 cm³/mol. The lowest BCUT2D eigenvalue weighted by atomic mass is 9.72. The van der Waals surface area contributed by atoms with Crippen molar-refractivity contribution in [3.05, 3.63) is 49.9 Å². The summed E-state index contributed by atoms with van der Waals surface area (Å²) in [6, 6.07) is 4.20. The number of benzene rings is 1. The molecule has 0 radical (unpaired) electrons. The highest BCUT2D eigenvalue weighted by Crippen LogP contribution is 2.44. The second-order valence-electron chi connectivity index (χ2n) is 9.28. The van der Waals surface area contributed by atoms with Crippen LogP contribution in [0.4, 0.5) is 10.7 Å². The van der Waals surface area contributed by atoms with Crippen molar-refractivity contribution >= 4 is 33.9 Å². The fraction of sp³-hybridized carbons (Fsp3) is 0.500. The second-order valence-corrected chi connectivity index (χ2v) is 10.4. The minimum absolute atomic E-state index is 0.0406. The summed E-state index contributed by atoms with van der Waals surface area (Å²) in [5, 5.41) is 14.2. The quantitative estimate of drug-likeness (QED) is 0.331. The molecule has 178 valence electrons. The van der Waals surface area contributed by atoms with E-state index in [0.29, 0.717) is 27.8 Å². The molecule has 1 aliphatic carbocycles. The molecule has 1 heterocycles. The Hall–Kier alpha value is -2.94. The van der Waals surface area contributed by atoms with Gasteiger partial charge in [-0.05, 0) is 61.6 Å². The number of nitro groups is 1. The van der Waals surface area contributed by atoms with Gasteiger partial charge in [0, 0.05) is 17.0 Å². The molecule has 0 saturated heterocycles. The van der Waals surface area contributed by atoms with E-state index in [0.717, 1.165) is 29.7 Å². The first kappa shape index (κ1) is 24.7. The monoisotopic (exact) mass is 474 g/mol. The number of hydrogen-bond donors (Lipinski definition) is 1. The third-order valence-electron chi connectivity index (χ3n) is 5.95. The van der Waals surface area contributed by atoms with Crippen molar-refractivity contribution in [1.29, 1.82) is 0 Å². The Balaban J connectivity index is 1.77. The maximum absolute atomic E-state index is 12.7. The average molecular weight is 475 g/mol. The summed E-state index contributed by atoms with van der Waals surface area (Å²) in [6.07, 6.45) is 2.62. The van der Waals surface area contributed by atoms with Crippen LogP contribution in [0.3, 0.4) is 0 Å². The molecule has 0 saturated carbocycles. The van der Waals surface area contributed by atoms with E-state index in [1.807, 2.05) is 0 Å². The summed E-state index contributed by atoms with van der Waals surface area (Å²) in [4.78, 5) is 36.9. The lowest BCUT2D eigenvalue weighted by Gasteiger charge is -2.33. The zero-order valence-electron chi connectivity index (χ0n) is 19.6. The van der Waals surface area contributed by atoms with Gasteiger partial charge in [-0.3, -0.25) is 14.9 Å². The first-order valence-electron chi connectivity index (χ1n) is 11.0. The smallest absolute Gasteiger partial charge is 0.341 e. The Kier molecular flexibility index (Phi) is 7.41. The Bertz CT molecular complexity index is 1070. The van der Waals surface area contributed by atoms with Gasteiger partial charge in [0.15, 0.2) is 6.61 Å². The van der Waals surface area contributed by atoms with Crippen LogP contribution in [-0.2, 0) is 22.4 Å². The Labute approximate surface area is 197 Å². The number of carbonyl (C=O) groups excluding carboxylic acids is 2. The van der Waals surface area contributed by atoms with Gasteiger partial charge in [-0.25, -0.2) is 4.79 Å². The zero-order chi connectivity index (χ0) is 24.3. The highest BCUT2D eigenvalue weighted by molar-refractivity contribution is 7.17. The molecule has 1 N–H and O–H groups in total. The van der Waals surface area contributed by atoms with Gasteiger partial charge in [-0.1, -0.05) is 20.8 Å². The van der Waals surface area contributed by atoms with Crippen molar-refractivity contribution in [3.8, 4) is 5.75 Å². The van der Waals surface area contributed by atoms with Crippen LogP contribution in [0.5, 0.6) is 5.75 Å². The van der Waals surface area contributed by atoms with Gasteiger partial charge in [-0.15, -0.1) is 11.3 Å². The minimum Gasteiger partial charge on any atom is -0.483 e. The molecule has 1 aromatic heterocycles. The molecule has 3 rings (SSSR count). The summed E-state index contributed by atoms with van der Waals surface area (Å²) >= 11 is 1.43. The zero-order valence-corrected chi connectivity index (χ0v) is 20.5. The minimum atomic E-state index is -0.483. The SMILES string of the molecule is CCOC(=O)c1c(NC(=O)COc2ccc([N+](=O)[O-])cc2C)sc2c1CCC(C(C)(C)C)C2. The topological polar surface area (TPSA) is 108 Å². The number of non-ortho nitro benzene ring substituents is 1. The molecule has 1 unspecified atom stereocenters. The second kappa shape index (κ2) is 9.91. The van der Waals surface area contributed by atoms with Gasteiger partial charge in [-0.2, -0.15) is 0 Å². The van der Waals surface area contributed by atoms with Crippen LogP contribution in [-0.4, -0.2) is 30.0 Å². The van der Waals surface area contributed by atoms with Crippen LogP contribution < -0.4 is 10.1 Å². The fourth-order valence-corrected chi connectivity index (χ4v) is 5.38. The van der Waals surface area contributed by atoms with Crippen molar-refractivity contribution in [1.82, 2.24) is 0 Å². The van der Waals surface area contributed by atoms with Crippen molar-refractivity contribution in [3.63, 3.8) is 0 Å². The lowest BCUT2D eigenvalue weighted by molar-refractivity contribution is -0.384. The maximum atomic E-state index is 12.7. The Morgan fingerprint density at radius 1 is 1.30 bits per heavy atom. The highest BCUT2D eigenvalue weighted by atomic mass is 32.1. The summed E-state index contributed by atoms with van der Waals surface area (Å²) in [6.45, 7) is 10.1. The number of nitrogens with one attached hydrogen (secondary N) is 1. The molecule has 0 fully saturated rings. The van der Waals surface area contributed by atoms with Crippen LogP contribution >= 0.6 is 11.3 Å². The van der Waals surface area contributed by atoms with E-state index in [1.165, 1.54) is 29.5 Å². The molecule has 8 nitrogen and oxygen atoms in total. The first-order valence-corrected chi connectivity index (χ1v) is 11.8. The van der Waals surface area contributed by atoms with Gasteiger partial charge in [0.2, 0.25) is 0 Å². The third-order valence-corrected chi connectivity index (χ3v) is 7.12. The standard InChI is InChI=1S/C24H30N2O6S/c1-6-31-23(28)21-17-9-7-15(24(3,4)5)12-19(17)33-22(21)25-20(27)13-32-18-10-8-16(26(29)30)11-14(18)2/h8,10-11,15H,6-7,9,12-13H2,1-5H3,(H,25,27). The number of anilines is 1. The van der Waals surface area contributed by atoms with E-state index < -0.39 is 16.8 Å². The number of thiophene rings is 1.